The number of anilines is 2. The zero-order valence-electron chi connectivity index (χ0n) is 15.5. The molecule has 5 nitrogen and oxygen atoms in total. The van der Waals surface area contributed by atoms with Crippen molar-refractivity contribution >= 4 is 40.5 Å². The van der Waals surface area contributed by atoms with Gasteiger partial charge in [-0.3, -0.25) is 4.79 Å². The summed E-state index contributed by atoms with van der Waals surface area (Å²) in [6.45, 7) is 6.53. The number of carbonyl (C=O) groups is 1. The zero-order chi connectivity index (χ0) is 19.4. The predicted molar refractivity (Wildman–Crippen MR) is 111 cm³/mol. The number of hydrogen-bond donors (Lipinski definition) is 2. The van der Waals surface area contributed by atoms with Crippen LogP contribution in [0.2, 0.25) is 10.0 Å². The molecule has 0 spiro atoms. The van der Waals surface area contributed by atoms with Gasteiger partial charge in [0.25, 0.3) is 5.91 Å². The summed E-state index contributed by atoms with van der Waals surface area (Å²) >= 11 is 12.6. The molecule has 1 aliphatic heterocycles. The third-order valence-electron chi connectivity index (χ3n) is 4.66. The molecule has 0 aliphatic carbocycles. The number of nitrogens with one attached hydrogen (secondary N) is 2. The number of hydrogen-bond acceptors (Lipinski definition) is 3. The Hall–Kier alpha value is -1.95. The Balaban J connectivity index is 1.69. The van der Waals surface area contributed by atoms with Gasteiger partial charge in [0.1, 0.15) is 5.75 Å². The topological polar surface area (TPSA) is 46.0 Å². The van der Waals surface area contributed by atoms with E-state index in [2.05, 4.69) is 17.3 Å². The van der Waals surface area contributed by atoms with Crippen molar-refractivity contribution in [3.05, 3.63) is 52.0 Å². The third-order valence-corrected chi connectivity index (χ3v) is 5.26. The van der Waals surface area contributed by atoms with Gasteiger partial charge in [-0.05, 0) is 43.3 Å². The largest absolute Gasteiger partial charge is 0.492 e. The average molecular weight is 409 g/mol. The van der Waals surface area contributed by atoms with E-state index in [1.165, 1.54) is 4.90 Å². The lowest BCUT2D eigenvalue weighted by Crippen LogP contribution is -3.12. The number of quaternary nitrogens is 1. The molecule has 0 radical (unpaired) electrons. The number of benzene rings is 2. The fourth-order valence-electron chi connectivity index (χ4n) is 3.09. The Kier molecular flexibility index (Phi) is 6.47. The van der Waals surface area contributed by atoms with Crippen molar-refractivity contribution in [2.75, 3.05) is 50.1 Å². The molecule has 0 saturated carbocycles. The van der Waals surface area contributed by atoms with E-state index in [0.29, 0.717) is 33.7 Å². The predicted octanol–water partition coefficient (Wildman–Crippen LogP) is 2.98. The first-order chi connectivity index (χ1) is 13.0. The second-order valence-corrected chi connectivity index (χ2v) is 7.46. The van der Waals surface area contributed by atoms with Crippen LogP contribution in [0.5, 0.6) is 5.75 Å². The fourth-order valence-corrected chi connectivity index (χ4v) is 3.62. The summed E-state index contributed by atoms with van der Waals surface area (Å²) in [6, 6.07) is 10.6. The Morgan fingerprint density at radius 3 is 2.52 bits per heavy atom. The van der Waals surface area contributed by atoms with Crippen LogP contribution >= 0.6 is 23.2 Å². The molecule has 27 heavy (non-hydrogen) atoms. The molecule has 0 unspecified atom stereocenters. The number of ether oxygens (including phenoxy) is 1. The van der Waals surface area contributed by atoms with Gasteiger partial charge in [0.05, 0.1) is 55.6 Å². The van der Waals surface area contributed by atoms with Gasteiger partial charge < -0.3 is 19.9 Å². The molecule has 1 saturated heterocycles. The number of likely N-dealkylation sites (N-methyl/N-ethyl adjacent to an activating group) is 1. The number of carbonyl (C=O) groups excluding carboxylic acids is 1. The van der Waals surface area contributed by atoms with E-state index in [9.17, 15) is 4.79 Å². The van der Waals surface area contributed by atoms with Gasteiger partial charge >= 0.3 is 0 Å². The van der Waals surface area contributed by atoms with E-state index in [0.717, 1.165) is 31.9 Å². The van der Waals surface area contributed by atoms with Crippen molar-refractivity contribution in [1.29, 1.82) is 0 Å². The number of halogens is 2. The van der Waals surface area contributed by atoms with Gasteiger partial charge in [0.15, 0.2) is 0 Å². The van der Waals surface area contributed by atoms with Crippen molar-refractivity contribution in [2.24, 2.45) is 0 Å². The van der Waals surface area contributed by atoms with Crippen molar-refractivity contribution in [3.8, 4) is 5.75 Å². The summed E-state index contributed by atoms with van der Waals surface area (Å²) in [5.74, 6) is 0.323. The average Bonchev–Trinajstić information content (AvgIpc) is 2.64. The van der Waals surface area contributed by atoms with Gasteiger partial charge in [0.2, 0.25) is 0 Å². The summed E-state index contributed by atoms with van der Waals surface area (Å²) in [5.41, 5.74) is 2.12. The maximum atomic E-state index is 12.5. The molecule has 0 aromatic heterocycles. The third kappa shape index (κ3) is 4.86. The summed E-state index contributed by atoms with van der Waals surface area (Å²) in [7, 11) is 2.20. The summed E-state index contributed by atoms with van der Waals surface area (Å²) < 4.78 is 5.40. The number of nitrogens with zero attached hydrogens (tertiary/aromatic N) is 1. The molecule has 1 fully saturated rings. The maximum absolute atomic E-state index is 12.5. The summed E-state index contributed by atoms with van der Waals surface area (Å²) in [4.78, 5) is 16.3. The van der Waals surface area contributed by atoms with Gasteiger partial charge in [-0.15, -0.1) is 0 Å². The fraction of sp³-hybridized carbons (Fsp3) is 0.350. The quantitative estimate of drug-likeness (QED) is 0.799. The first kappa shape index (κ1) is 19.8. The monoisotopic (exact) mass is 408 g/mol. The highest BCUT2D eigenvalue weighted by atomic mass is 35.5. The van der Waals surface area contributed by atoms with E-state index in [1.807, 2.05) is 19.1 Å². The van der Waals surface area contributed by atoms with Crippen LogP contribution in [0.3, 0.4) is 0 Å². The minimum absolute atomic E-state index is 0.244. The Morgan fingerprint density at radius 2 is 1.89 bits per heavy atom. The molecule has 1 aliphatic rings. The minimum Gasteiger partial charge on any atom is -0.492 e. The van der Waals surface area contributed by atoms with E-state index >= 15 is 0 Å². The van der Waals surface area contributed by atoms with Crippen LogP contribution in [0.25, 0.3) is 0 Å². The molecular formula is C20H24Cl2N3O2+. The SMILES string of the molecule is CCOc1ccc(C(=O)Nc2ccc(N3CC[NH+](C)CC3)c(Cl)c2)cc1Cl. The van der Waals surface area contributed by atoms with E-state index in [-0.39, 0.29) is 5.91 Å². The molecule has 1 amide bonds. The highest BCUT2D eigenvalue weighted by molar-refractivity contribution is 6.34. The van der Waals surface area contributed by atoms with Crippen LogP contribution in [0.4, 0.5) is 11.4 Å². The van der Waals surface area contributed by atoms with Crippen LogP contribution < -0.4 is 19.9 Å². The molecule has 2 N–H and O–H groups in total. The molecule has 0 bridgehead atoms. The standard InChI is InChI=1S/C20H23Cl2N3O2/c1-3-27-19-7-4-14(12-17(19)22)20(26)23-15-5-6-18(16(21)13-15)25-10-8-24(2)9-11-25/h4-7,12-13H,3,8-11H2,1-2H3,(H,23,26)/p+1. The minimum atomic E-state index is -0.244. The second kappa shape index (κ2) is 8.83. The Morgan fingerprint density at radius 1 is 1.15 bits per heavy atom. The number of piperazine rings is 1. The normalized spacial score (nSPS) is 14.9. The first-order valence-corrected chi connectivity index (χ1v) is 9.83. The number of rotatable bonds is 5. The number of amides is 1. The van der Waals surface area contributed by atoms with Gasteiger partial charge in [-0.25, -0.2) is 0 Å². The van der Waals surface area contributed by atoms with Gasteiger partial charge in [-0.2, -0.15) is 0 Å². The maximum Gasteiger partial charge on any atom is 0.255 e. The highest BCUT2D eigenvalue weighted by Crippen LogP contribution is 2.30. The molecule has 2 aromatic rings. The highest BCUT2D eigenvalue weighted by Gasteiger charge is 2.19. The summed E-state index contributed by atoms with van der Waals surface area (Å²) in [5, 5.41) is 3.92. The first-order valence-electron chi connectivity index (χ1n) is 9.07. The van der Waals surface area contributed by atoms with E-state index < -0.39 is 0 Å². The lowest BCUT2D eigenvalue weighted by atomic mass is 10.2. The van der Waals surface area contributed by atoms with Crippen molar-refractivity contribution in [3.63, 3.8) is 0 Å². The van der Waals surface area contributed by atoms with Crippen LogP contribution in [-0.2, 0) is 0 Å². The molecule has 2 aromatic carbocycles. The molecule has 7 heteroatoms. The molecule has 1 heterocycles. The lowest BCUT2D eigenvalue weighted by Gasteiger charge is -2.32. The second-order valence-electron chi connectivity index (χ2n) is 6.64. The molecule has 3 rings (SSSR count). The van der Waals surface area contributed by atoms with E-state index in [1.54, 1.807) is 24.3 Å². The van der Waals surface area contributed by atoms with Crippen molar-refractivity contribution < 1.29 is 14.4 Å². The van der Waals surface area contributed by atoms with E-state index in [4.69, 9.17) is 27.9 Å². The zero-order valence-corrected chi connectivity index (χ0v) is 17.0. The van der Waals surface area contributed by atoms with Crippen molar-refractivity contribution in [1.82, 2.24) is 0 Å². The molecular weight excluding hydrogens is 385 g/mol. The smallest absolute Gasteiger partial charge is 0.255 e. The Labute approximate surface area is 169 Å². The van der Waals surface area contributed by atoms with Crippen LogP contribution in [0.1, 0.15) is 17.3 Å². The van der Waals surface area contributed by atoms with Crippen LogP contribution in [-0.4, -0.2) is 45.7 Å². The molecule has 144 valence electrons. The van der Waals surface area contributed by atoms with Crippen molar-refractivity contribution in [2.45, 2.75) is 6.92 Å². The van der Waals surface area contributed by atoms with Crippen LogP contribution in [0, 0.1) is 0 Å². The van der Waals surface area contributed by atoms with Crippen LogP contribution in [0.15, 0.2) is 36.4 Å². The van der Waals surface area contributed by atoms with Gasteiger partial charge in [-0.1, -0.05) is 23.2 Å². The lowest BCUT2D eigenvalue weighted by molar-refractivity contribution is -0.880. The summed E-state index contributed by atoms with van der Waals surface area (Å²) in [6.07, 6.45) is 0. The Bertz CT molecular complexity index is 821. The molecule has 0 atom stereocenters. The van der Waals surface area contributed by atoms with Gasteiger partial charge in [0, 0.05) is 11.3 Å².